The fourth-order valence-electron chi connectivity index (χ4n) is 7.28. The lowest BCUT2D eigenvalue weighted by Gasteiger charge is -2.33. The van der Waals surface area contributed by atoms with Crippen LogP contribution >= 0.6 is 0 Å². The van der Waals surface area contributed by atoms with Crippen LogP contribution in [0.25, 0.3) is 72.3 Å². The van der Waals surface area contributed by atoms with Gasteiger partial charge in [-0.15, -0.1) is 0 Å². The third kappa shape index (κ3) is 4.21. The standard InChI is InChI=1S/C44H26N4O/c45-27-28-17-19-29(20-18-28)44-46-37-22-21-32(26-42(37)49-44)30-9-8-10-31(23-30)33-24-36-35-13-4-5-14-38(35)48-40-16-7-6-15-39(40)47(41(25-33)43(36)48)34-11-2-1-3-12-34/h1-26H. The number of nitriles is 1. The van der Waals surface area contributed by atoms with E-state index in [0.29, 0.717) is 11.5 Å². The van der Waals surface area contributed by atoms with Crippen LogP contribution in [0.5, 0.6) is 0 Å². The summed E-state index contributed by atoms with van der Waals surface area (Å²) in [4.78, 5) is 7.11. The van der Waals surface area contributed by atoms with Crippen molar-refractivity contribution in [3.63, 3.8) is 0 Å². The highest BCUT2D eigenvalue weighted by Gasteiger charge is 2.29. The van der Waals surface area contributed by atoms with Gasteiger partial charge < -0.3 is 13.9 Å². The van der Waals surface area contributed by atoms with Crippen LogP contribution in [0, 0.1) is 11.3 Å². The molecular formula is C44H26N4O. The van der Waals surface area contributed by atoms with E-state index in [9.17, 15) is 0 Å². The number of hydrogen-bond donors (Lipinski definition) is 0. The summed E-state index contributed by atoms with van der Waals surface area (Å²) >= 11 is 0. The molecule has 0 amide bonds. The smallest absolute Gasteiger partial charge is 0.227 e. The van der Waals surface area contributed by atoms with E-state index in [2.05, 4.69) is 143 Å². The molecule has 0 saturated carbocycles. The Hall–Kier alpha value is -6.90. The summed E-state index contributed by atoms with van der Waals surface area (Å²) in [7, 11) is 0. The molecule has 0 unspecified atom stereocenters. The first-order valence-corrected chi connectivity index (χ1v) is 16.3. The first kappa shape index (κ1) is 27.2. The first-order chi connectivity index (χ1) is 24.2. The zero-order chi connectivity index (χ0) is 32.5. The second-order valence-electron chi connectivity index (χ2n) is 12.4. The van der Waals surface area contributed by atoms with Gasteiger partial charge in [-0.1, -0.05) is 72.8 Å². The maximum absolute atomic E-state index is 9.17. The molecule has 49 heavy (non-hydrogen) atoms. The average molecular weight is 627 g/mol. The molecule has 0 bridgehead atoms. The molecule has 1 aliphatic rings. The molecule has 0 fully saturated rings. The highest BCUT2D eigenvalue weighted by Crippen LogP contribution is 2.51. The molecule has 0 N–H and O–H groups in total. The average Bonchev–Trinajstić information content (AvgIpc) is 3.75. The summed E-state index contributed by atoms with van der Waals surface area (Å²) in [6.45, 7) is 0. The van der Waals surface area contributed by atoms with Crippen molar-refractivity contribution in [2.45, 2.75) is 0 Å². The molecule has 5 nitrogen and oxygen atoms in total. The Morgan fingerprint density at radius 3 is 2.08 bits per heavy atom. The van der Waals surface area contributed by atoms with Gasteiger partial charge in [0.25, 0.3) is 0 Å². The highest BCUT2D eigenvalue weighted by atomic mass is 16.3. The third-order valence-electron chi connectivity index (χ3n) is 9.55. The monoisotopic (exact) mass is 626 g/mol. The Bertz CT molecular complexity index is 2780. The number of oxazole rings is 1. The highest BCUT2D eigenvalue weighted by molar-refractivity contribution is 6.18. The minimum atomic E-state index is 0.538. The maximum Gasteiger partial charge on any atom is 0.227 e. The molecule has 0 saturated heterocycles. The Morgan fingerprint density at radius 1 is 0.531 bits per heavy atom. The molecule has 7 aromatic carbocycles. The summed E-state index contributed by atoms with van der Waals surface area (Å²) in [5.41, 5.74) is 14.4. The van der Waals surface area contributed by atoms with Crippen LogP contribution in [0.2, 0.25) is 0 Å². The zero-order valence-corrected chi connectivity index (χ0v) is 26.2. The predicted octanol–water partition coefficient (Wildman–Crippen LogP) is 11.6. The molecule has 0 radical (unpaired) electrons. The van der Waals surface area contributed by atoms with Crippen LogP contribution in [-0.4, -0.2) is 9.55 Å². The number of anilines is 3. The topological polar surface area (TPSA) is 58.0 Å². The van der Waals surface area contributed by atoms with Crippen molar-refractivity contribution in [3.8, 4) is 45.5 Å². The lowest BCUT2D eigenvalue weighted by Crippen LogP contribution is -2.18. The number of benzene rings is 7. The SMILES string of the molecule is N#Cc1ccc(-c2nc3ccc(-c4cccc(-c5cc6c7c(c5)c5ccccc5n7-c5ccccc5N6c5ccccc5)c4)cc3o2)cc1. The molecule has 10 rings (SSSR count). The second-order valence-corrected chi connectivity index (χ2v) is 12.4. The Kier molecular flexibility index (Phi) is 5.87. The molecule has 0 atom stereocenters. The van der Waals surface area contributed by atoms with Crippen molar-refractivity contribution in [2.24, 2.45) is 0 Å². The van der Waals surface area contributed by atoms with E-state index in [1.807, 2.05) is 18.2 Å². The minimum absolute atomic E-state index is 0.538. The van der Waals surface area contributed by atoms with E-state index in [1.165, 1.54) is 27.5 Å². The van der Waals surface area contributed by atoms with Crippen molar-refractivity contribution >= 4 is 50.0 Å². The molecule has 228 valence electrons. The maximum atomic E-state index is 9.17. The van der Waals surface area contributed by atoms with Gasteiger partial charge in [0, 0.05) is 22.0 Å². The van der Waals surface area contributed by atoms with Gasteiger partial charge in [0.2, 0.25) is 5.89 Å². The zero-order valence-electron chi connectivity index (χ0n) is 26.2. The molecule has 1 aliphatic heterocycles. The molecule has 5 heteroatoms. The van der Waals surface area contributed by atoms with Crippen molar-refractivity contribution in [1.82, 2.24) is 9.55 Å². The Labute approximate surface area is 282 Å². The quantitative estimate of drug-likeness (QED) is 0.195. The summed E-state index contributed by atoms with van der Waals surface area (Å²) in [6, 6.07) is 57.0. The summed E-state index contributed by atoms with van der Waals surface area (Å²) in [5.74, 6) is 0.538. The largest absolute Gasteiger partial charge is 0.436 e. The Morgan fingerprint density at radius 2 is 1.24 bits per heavy atom. The molecule has 2 aromatic heterocycles. The number of nitrogens with zero attached hydrogens (tertiary/aromatic N) is 4. The van der Waals surface area contributed by atoms with E-state index < -0.39 is 0 Å². The molecule has 0 aliphatic carbocycles. The predicted molar refractivity (Wildman–Crippen MR) is 198 cm³/mol. The summed E-state index contributed by atoms with van der Waals surface area (Å²) < 4.78 is 8.64. The van der Waals surface area contributed by atoms with Gasteiger partial charge in [-0.05, 0) is 107 Å². The van der Waals surface area contributed by atoms with Crippen molar-refractivity contribution < 1.29 is 4.42 Å². The number of aromatic nitrogens is 2. The fraction of sp³-hybridized carbons (Fsp3) is 0. The van der Waals surface area contributed by atoms with E-state index in [4.69, 9.17) is 14.7 Å². The Balaban J connectivity index is 1.13. The number of para-hydroxylation sites is 4. The van der Waals surface area contributed by atoms with Crippen molar-refractivity contribution in [3.05, 3.63) is 163 Å². The van der Waals surface area contributed by atoms with E-state index in [1.54, 1.807) is 12.1 Å². The van der Waals surface area contributed by atoms with Crippen LogP contribution < -0.4 is 4.90 Å². The van der Waals surface area contributed by atoms with Gasteiger partial charge in [-0.25, -0.2) is 4.98 Å². The van der Waals surface area contributed by atoms with Crippen molar-refractivity contribution in [1.29, 1.82) is 5.26 Å². The minimum Gasteiger partial charge on any atom is -0.436 e. The summed E-state index contributed by atoms with van der Waals surface area (Å²) in [5, 5.41) is 11.6. The number of hydrogen-bond acceptors (Lipinski definition) is 4. The van der Waals surface area contributed by atoms with Crippen molar-refractivity contribution in [2.75, 3.05) is 4.90 Å². The van der Waals surface area contributed by atoms with E-state index in [-0.39, 0.29) is 0 Å². The molecule has 9 aromatic rings. The van der Waals surface area contributed by atoms with E-state index in [0.717, 1.165) is 56.0 Å². The van der Waals surface area contributed by atoms with Crippen LogP contribution in [0.15, 0.2) is 162 Å². The van der Waals surface area contributed by atoms with Gasteiger partial charge in [-0.3, -0.25) is 0 Å². The molecule has 3 heterocycles. The lowest BCUT2D eigenvalue weighted by atomic mass is 9.96. The van der Waals surface area contributed by atoms with Gasteiger partial charge >= 0.3 is 0 Å². The third-order valence-corrected chi connectivity index (χ3v) is 9.55. The van der Waals surface area contributed by atoms with Crippen LogP contribution in [0.4, 0.5) is 17.1 Å². The first-order valence-electron chi connectivity index (χ1n) is 16.3. The second kappa shape index (κ2) is 10.6. The molecule has 0 spiro atoms. The van der Waals surface area contributed by atoms with E-state index >= 15 is 0 Å². The van der Waals surface area contributed by atoms with Gasteiger partial charge in [0.15, 0.2) is 5.58 Å². The normalized spacial score (nSPS) is 12.0. The van der Waals surface area contributed by atoms with Crippen LogP contribution in [0.3, 0.4) is 0 Å². The van der Waals surface area contributed by atoms with Gasteiger partial charge in [-0.2, -0.15) is 5.26 Å². The van der Waals surface area contributed by atoms with Crippen LogP contribution in [-0.2, 0) is 0 Å². The van der Waals surface area contributed by atoms with Crippen LogP contribution in [0.1, 0.15) is 5.56 Å². The van der Waals surface area contributed by atoms with Gasteiger partial charge in [0.1, 0.15) is 5.52 Å². The summed E-state index contributed by atoms with van der Waals surface area (Å²) in [6.07, 6.45) is 0. The lowest BCUT2D eigenvalue weighted by molar-refractivity contribution is 0.620. The van der Waals surface area contributed by atoms with Gasteiger partial charge in [0.05, 0.1) is 39.7 Å². The molecular weight excluding hydrogens is 601 g/mol. The number of fused-ring (bicyclic) bond motifs is 6. The fourth-order valence-corrected chi connectivity index (χ4v) is 7.28. The number of rotatable bonds is 4.